The Morgan fingerprint density at radius 3 is 2.56 bits per heavy atom. The summed E-state index contributed by atoms with van der Waals surface area (Å²) < 4.78 is 44.0. The second kappa shape index (κ2) is 6.62. The number of nitrogens with zero attached hydrogens (tertiary/aromatic N) is 1. The van der Waals surface area contributed by atoms with Gasteiger partial charge in [0.1, 0.15) is 5.75 Å². The molecule has 0 atom stereocenters. The first kappa shape index (κ1) is 17.1. The molecule has 0 saturated heterocycles. The summed E-state index contributed by atoms with van der Waals surface area (Å²) in [6.45, 7) is -0.430. The summed E-state index contributed by atoms with van der Waals surface area (Å²) in [7, 11) is 0. The lowest BCUT2D eigenvalue weighted by Crippen LogP contribution is -2.39. The van der Waals surface area contributed by atoms with Gasteiger partial charge in [-0.15, -0.1) is 0 Å². The van der Waals surface area contributed by atoms with Gasteiger partial charge in [0.05, 0.1) is 5.41 Å². The molecule has 0 bridgehead atoms. The summed E-state index contributed by atoms with van der Waals surface area (Å²) >= 11 is 0. The van der Waals surface area contributed by atoms with Crippen LogP contribution in [0, 0.1) is 5.41 Å². The van der Waals surface area contributed by atoms with Crippen LogP contribution in [0.5, 0.6) is 11.6 Å². The van der Waals surface area contributed by atoms with Crippen LogP contribution in [0.15, 0.2) is 48.7 Å². The third-order valence-electron chi connectivity index (χ3n) is 4.00. The van der Waals surface area contributed by atoms with Crippen molar-refractivity contribution in [3.63, 3.8) is 0 Å². The number of nitrogens with one attached hydrogen (secondary N) is 2. The highest BCUT2D eigenvalue weighted by atomic mass is 19.4. The van der Waals surface area contributed by atoms with Gasteiger partial charge in [-0.25, -0.2) is 9.78 Å². The number of pyridine rings is 1. The monoisotopic (exact) mass is 351 g/mol. The summed E-state index contributed by atoms with van der Waals surface area (Å²) in [5, 5.41) is 4.76. The molecule has 1 aliphatic carbocycles. The van der Waals surface area contributed by atoms with Crippen molar-refractivity contribution in [3.05, 3.63) is 48.7 Å². The zero-order valence-electron chi connectivity index (χ0n) is 13.1. The predicted molar refractivity (Wildman–Crippen MR) is 85.5 cm³/mol. The van der Waals surface area contributed by atoms with Crippen LogP contribution in [-0.2, 0) is 0 Å². The number of urea groups is 1. The lowest BCUT2D eigenvalue weighted by atomic mass is 10.1. The van der Waals surface area contributed by atoms with Crippen LogP contribution in [0.4, 0.5) is 23.7 Å². The van der Waals surface area contributed by atoms with E-state index in [9.17, 15) is 18.0 Å². The number of halogens is 3. The molecule has 0 aliphatic heterocycles. The molecule has 0 unspecified atom stereocenters. The van der Waals surface area contributed by atoms with Crippen molar-refractivity contribution >= 4 is 11.7 Å². The van der Waals surface area contributed by atoms with Crippen LogP contribution >= 0.6 is 0 Å². The molecule has 1 saturated carbocycles. The number of para-hydroxylation sites is 1. The normalized spacial score (nSPS) is 15.3. The lowest BCUT2D eigenvalue weighted by molar-refractivity contribution is -0.184. The van der Waals surface area contributed by atoms with E-state index in [-0.39, 0.29) is 18.7 Å². The highest BCUT2D eigenvalue weighted by Gasteiger charge is 2.63. The van der Waals surface area contributed by atoms with E-state index in [4.69, 9.17) is 4.74 Å². The topological polar surface area (TPSA) is 63.2 Å². The number of benzene rings is 1. The summed E-state index contributed by atoms with van der Waals surface area (Å²) in [6, 6.07) is 11.3. The molecule has 1 aromatic carbocycles. The Morgan fingerprint density at radius 2 is 1.92 bits per heavy atom. The Bertz CT molecular complexity index is 746. The predicted octanol–water partition coefficient (Wildman–Crippen LogP) is 4.34. The van der Waals surface area contributed by atoms with Gasteiger partial charge in [0.15, 0.2) is 0 Å². The molecule has 3 rings (SSSR count). The fourth-order valence-electron chi connectivity index (χ4n) is 2.29. The lowest BCUT2D eigenvalue weighted by Gasteiger charge is -2.19. The first-order valence-corrected chi connectivity index (χ1v) is 7.69. The maximum absolute atomic E-state index is 12.8. The number of alkyl halides is 3. The van der Waals surface area contributed by atoms with Gasteiger partial charge in [-0.05, 0) is 31.0 Å². The number of ether oxygens (including phenoxy) is 1. The smallest absolute Gasteiger partial charge is 0.396 e. The van der Waals surface area contributed by atoms with Gasteiger partial charge in [-0.3, -0.25) is 0 Å². The maximum Gasteiger partial charge on any atom is 0.396 e. The first-order chi connectivity index (χ1) is 11.9. The van der Waals surface area contributed by atoms with Gasteiger partial charge >= 0.3 is 12.2 Å². The number of carbonyl (C=O) groups excluding carboxylic acids is 1. The Kier molecular flexibility index (Phi) is 4.52. The molecule has 132 valence electrons. The van der Waals surface area contributed by atoms with Crippen molar-refractivity contribution in [1.82, 2.24) is 10.3 Å². The average Bonchev–Trinajstić information content (AvgIpc) is 3.35. The highest BCUT2D eigenvalue weighted by molar-refractivity contribution is 5.89. The SMILES string of the molecule is O=C(NCC1(C(F)(F)F)CC1)Nc1ccnc(Oc2ccccc2)c1. The van der Waals surface area contributed by atoms with Gasteiger partial charge in [0.2, 0.25) is 5.88 Å². The van der Waals surface area contributed by atoms with Crippen LogP contribution in [-0.4, -0.2) is 23.7 Å². The van der Waals surface area contributed by atoms with Crippen LogP contribution < -0.4 is 15.4 Å². The van der Waals surface area contributed by atoms with E-state index in [1.54, 1.807) is 24.3 Å². The number of rotatable bonds is 5. The molecule has 8 heteroatoms. The minimum Gasteiger partial charge on any atom is -0.439 e. The molecule has 2 aromatic rings. The minimum atomic E-state index is -4.30. The zero-order valence-corrected chi connectivity index (χ0v) is 13.1. The minimum absolute atomic E-state index is 0.0428. The highest BCUT2D eigenvalue weighted by Crippen LogP contribution is 2.57. The number of carbonyl (C=O) groups is 1. The third kappa shape index (κ3) is 4.20. The van der Waals surface area contributed by atoms with Gasteiger partial charge in [-0.2, -0.15) is 13.2 Å². The van der Waals surface area contributed by atoms with E-state index in [1.165, 1.54) is 18.3 Å². The van der Waals surface area contributed by atoms with Crippen molar-refractivity contribution in [3.8, 4) is 11.6 Å². The fourth-order valence-corrected chi connectivity index (χ4v) is 2.29. The van der Waals surface area contributed by atoms with Gasteiger partial charge in [0.25, 0.3) is 0 Å². The van der Waals surface area contributed by atoms with E-state index < -0.39 is 24.2 Å². The van der Waals surface area contributed by atoms with Gasteiger partial charge in [0, 0.05) is 24.5 Å². The molecular weight excluding hydrogens is 335 g/mol. The zero-order chi connectivity index (χ0) is 17.9. The molecule has 1 aromatic heterocycles. The van der Waals surface area contributed by atoms with Crippen molar-refractivity contribution in [2.75, 3.05) is 11.9 Å². The Morgan fingerprint density at radius 1 is 1.20 bits per heavy atom. The standard InChI is InChI=1S/C17H16F3N3O2/c18-17(19,20)16(7-8-16)11-22-15(24)23-12-6-9-21-14(10-12)25-13-4-2-1-3-5-13/h1-6,9-10H,7-8,11H2,(H2,21,22,23,24). The molecule has 5 nitrogen and oxygen atoms in total. The Balaban J connectivity index is 1.56. The van der Waals surface area contributed by atoms with Crippen LogP contribution in [0.2, 0.25) is 0 Å². The molecule has 1 aliphatic rings. The Hall–Kier alpha value is -2.77. The molecular formula is C17H16F3N3O2. The van der Waals surface area contributed by atoms with Crippen LogP contribution in [0.1, 0.15) is 12.8 Å². The average molecular weight is 351 g/mol. The second-order valence-electron chi connectivity index (χ2n) is 5.88. The van der Waals surface area contributed by atoms with E-state index in [0.29, 0.717) is 11.4 Å². The molecule has 1 heterocycles. The fraction of sp³-hybridized carbons (Fsp3) is 0.294. The molecule has 2 amide bonds. The molecule has 1 fully saturated rings. The van der Waals surface area contributed by atoms with Gasteiger partial charge in [-0.1, -0.05) is 18.2 Å². The van der Waals surface area contributed by atoms with Gasteiger partial charge < -0.3 is 15.4 Å². The maximum atomic E-state index is 12.8. The van der Waals surface area contributed by atoms with Crippen molar-refractivity contribution in [2.45, 2.75) is 19.0 Å². The third-order valence-corrected chi connectivity index (χ3v) is 4.00. The van der Waals surface area contributed by atoms with Crippen molar-refractivity contribution < 1.29 is 22.7 Å². The van der Waals surface area contributed by atoms with Crippen molar-refractivity contribution in [1.29, 1.82) is 0 Å². The summed E-state index contributed by atoms with van der Waals surface area (Å²) in [5.41, 5.74) is -1.40. The first-order valence-electron chi connectivity index (χ1n) is 7.69. The number of amides is 2. The number of anilines is 1. The number of hydrogen-bond donors (Lipinski definition) is 2. The summed E-state index contributed by atoms with van der Waals surface area (Å²) in [5.74, 6) is 0.843. The summed E-state index contributed by atoms with van der Waals surface area (Å²) in [6.07, 6.45) is -2.78. The van der Waals surface area contributed by atoms with E-state index in [2.05, 4.69) is 15.6 Å². The van der Waals surface area contributed by atoms with E-state index in [0.717, 1.165) is 0 Å². The second-order valence-corrected chi connectivity index (χ2v) is 5.88. The van der Waals surface area contributed by atoms with E-state index in [1.807, 2.05) is 6.07 Å². The van der Waals surface area contributed by atoms with Crippen molar-refractivity contribution in [2.24, 2.45) is 5.41 Å². The largest absolute Gasteiger partial charge is 0.439 e. The summed E-state index contributed by atoms with van der Waals surface area (Å²) in [4.78, 5) is 15.9. The van der Waals surface area contributed by atoms with Crippen LogP contribution in [0.3, 0.4) is 0 Å². The molecule has 0 radical (unpaired) electrons. The van der Waals surface area contributed by atoms with E-state index >= 15 is 0 Å². The van der Waals surface area contributed by atoms with Crippen LogP contribution in [0.25, 0.3) is 0 Å². The molecule has 25 heavy (non-hydrogen) atoms. The number of hydrogen-bond acceptors (Lipinski definition) is 3. The number of aromatic nitrogens is 1. The molecule has 0 spiro atoms. The Labute approximate surface area is 142 Å². The molecule has 2 N–H and O–H groups in total. The quantitative estimate of drug-likeness (QED) is 0.842.